The molecule has 0 saturated heterocycles. The van der Waals surface area contributed by atoms with Crippen molar-refractivity contribution in [2.75, 3.05) is 25.6 Å². The van der Waals surface area contributed by atoms with Gasteiger partial charge in [-0.3, -0.25) is 9.59 Å². The predicted octanol–water partition coefficient (Wildman–Crippen LogP) is 4.62. The Morgan fingerprint density at radius 1 is 0.841 bits per heavy atom. The first kappa shape index (κ1) is 33.6. The lowest BCUT2D eigenvalue weighted by molar-refractivity contribution is -0.139. The van der Waals surface area contributed by atoms with Crippen LogP contribution in [0.15, 0.2) is 66.7 Å². The molecule has 0 heterocycles. The van der Waals surface area contributed by atoms with Gasteiger partial charge in [0.05, 0.1) is 19.3 Å². The van der Waals surface area contributed by atoms with Crippen LogP contribution in [0, 0.1) is 0 Å². The van der Waals surface area contributed by atoms with Gasteiger partial charge in [0.15, 0.2) is 11.5 Å². The molecule has 234 valence electrons. The van der Waals surface area contributed by atoms with Gasteiger partial charge < -0.3 is 35.1 Å². The number of anilines is 1. The minimum Gasteiger partial charge on any atom is -0.494 e. The minimum absolute atomic E-state index is 0.0730. The number of ether oxygens (including phenoxy) is 3. The van der Waals surface area contributed by atoms with Crippen molar-refractivity contribution in [2.24, 2.45) is 0 Å². The van der Waals surface area contributed by atoms with Gasteiger partial charge in [-0.15, -0.1) is 0 Å². The van der Waals surface area contributed by atoms with E-state index >= 15 is 0 Å². The van der Waals surface area contributed by atoms with E-state index in [0.29, 0.717) is 29.2 Å². The lowest BCUT2D eigenvalue weighted by atomic mass is 10.0. The molecule has 0 aliphatic rings. The van der Waals surface area contributed by atoms with Gasteiger partial charge in [0.1, 0.15) is 18.4 Å². The van der Waals surface area contributed by atoms with Gasteiger partial charge in [-0.25, -0.2) is 9.59 Å². The second kappa shape index (κ2) is 17.3. The third-order valence-electron chi connectivity index (χ3n) is 6.66. The van der Waals surface area contributed by atoms with Crippen LogP contribution in [0.2, 0.25) is 0 Å². The number of carboxylic acids is 1. The third-order valence-corrected chi connectivity index (χ3v) is 6.66. The molecule has 0 saturated carbocycles. The van der Waals surface area contributed by atoms with E-state index in [4.69, 9.17) is 19.3 Å². The molecular formula is C33H38N2O9. The Bertz CT molecular complexity index is 1410. The second-order valence-electron chi connectivity index (χ2n) is 10.0. The molecule has 1 atom stereocenters. The van der Waals surface area contributed by atoms with Gasteiger partial charge in [0, 0.05) is 17.7 Å². The van der Waals surface area contributed by atoms with E-state index in [9.17, 15) is 24.3 Å². The number of unbranched alkanes of at least 4 members (excludes halogenated alkanes) is 4. The van der Waals surface area contributed by atoms with Gasteiger partial charge in [0.2, 0.25) is 5.91 Å². The third kappa shape index (κ3) is 10.4. The Kier molecular flexibility index (Phi) is 13.2. The maximum atomic E-state index is 12.8. The molecule has 0 spiro atoms. The molecule has 3 rings (SSSR count). The van der Waals surface area contributed by atoms with Crippen LogP contribution in [-0.4, -0.2) is 60.3 Å². The normalized spacial score (nSPS) is 11.2. The quantitative estimate of drug-likeness (QED) is 0.0976. The first-order valence-electron chi connectivity index (χ1n) is 14.4. The highest BCUT2D eigenvalue weighted by Gasteiger charge is 2.22. The Morgan fingerprint density at radius 2 is 1.52 bits per heavy atom. The molecule has 2 amide bonds. The fourth-order valence-corrected chi connectivity index (χ4v) is 4.25. The van der Waals surface area contributed by atoms with E-state index in [0.717, 1.165) is 12.8 Å². The fourth-order valence-electron chi connectivity index (χ4n) is 4.25. The number of nitrogens with one attached hydrogen (secondary N) is 2. The molecule has 0 fully saturated rings. The van der Waals surface area contributed by atoms with E-state index in [1.165, 1.54) is 56.7 Å². The number of carbonyl (C=O) groups excluding carboxylic acids is 3. The van der Waals surface area contributed by atoms with Crippen molar-refractivity contribution in [3.63, 3.8) is 0 Å². The summed E-state index contributed by atoms with van der Waals surface area (Å²) in [6.07, 6.45) is 5.62. The van der Waals surface area contributed by atoms with Crippen molar-refractivity contribution in [3.05, 3.63) is 83.4 Å². The topological polar surface area (TPSA) is 160 Å². The highest BCUT2D eigenvalue weighted by molar-refractivity contribution is 5.98. The maximum Gasteiger partial charge on any atom is 0.343 e. The van der Waals surface area contributed by atoms with Crippen molar-refractivity contribution in [2.45, 2.75) is 51.5 Å². The number of methoxy groups -OCH3 is 1. The van der Waals surface area contributed by atoms with E-state index < -0.39 is 36.4 Å². The molecule has 4 N–H and O–H groups in total. The lowest BCUT2D eigenvalue weighted by Crippen LogP contribution is -2.42. The number of amides is 2. The van der Waals surface area contributed by atoms with Crippen molar-refractivity contribution in [1.82, 2.24) is 5.32 Å². The molecule has 11 nitrogen and oxygen atoms in total. The number of carbonyl (C=O) groups is 4. The number of aliphatic carboxylic acids is 1. The Morgan fingerprint density at radius 3 is 2.16 bits per heavy atom. The lowest BCUT2D eigenvalue weighted by Gasteiger charge is -2.16. The molecule has 0 aromatic heterocycles. The Balaban J connectivity index is 1.59. The SMILES string of the molecule is CCCCCCCOc1ccc(C(=O)Oc2ccc(CC(NC(=O)c3ccc(NC(=O)CO)cc3)C(=O)O)cc2OC)cc1. The molecule has 3 aromatic rings. The van der Waals surface area contributed by atoms with Crippen molar-refractivity contribution in [1.29, 1.82) is 0 Å². The smallest absolute Gasteiger partial charge is 0.343 e. The zero-order valence-corrected chi connectivity index (χ0v) is 24.8. The van der Waals surface area contributed by atoms with Gasteiger partial charge in [-0.2, -0.15) is 0 Å². The van der Waals surface area contributed by atoms with Gasteiger partial charge in [-0.05, 0) is 72.6 Å². The summed E-state index contributed by atoms with van der Waals surface area (Å²) in [6, 6.07) is 15.8. The number of carboxylic acid groups (broad SMARTS) is 1. The summed E-state index contributed by atoms with van der Waals surface area (Å²) in [7, 11) is 1.40. The van der Waals surface area contributed by atoms with Crippen LogP contribution in [0.3, 0.4) is 0 Å². The molecule has 0 radical (unpaired) electrons. The van der Waals surface area contributed by atoms with Crippen molar-refractivity contribution >= 4 is 29.4 Å². The highest BCUT2D eigenvalue weighted by Crippen LogP contribution is 2.29. The van der Waals surface area contributed by atoms with Crippen LogP contribution in [0.1, 0.15) is 65.3 Å². The van der Waals surface area contributed by atoms with Crippen LogP contribution in [0.5, 0.6) is 17.2 Å². The molecule has 3 aromatic carbocycles. The fraction of sp³-hybridized carbons (Fsp3) is 0.333. The Labute approximate surface area is 256 Å². The first-order valence-corrected chi connectivity index (χ1v) is 14.4. The molecular weight excluding hydrogens is 568 g/mol. The van der Waals surface area contributed by atoms with Crippen molar-refractivity contribution in [3.8, 4) is 17.2 Å². The average molecular weight is 607 g/mol. The zero-order chi connectivity index (χ0) is 31.9. The van der Waals surface area contributed by atoms with Crippen LogP contribution in [0.25, 0.3) is 0 Å². The van der Waals surface area contributed by atoms with E-state index in [1.54, 1.807) is 36.4 Å². The minimum atomic E-state index is -1.27. The summed E-state index contributed by atoms with van der Waals surface area (Å²) in [5, 5.41) is 23.5. The molecule has 1 unspecified atom stereocenters. The average Bonchev–Trinajstić information content (AvgIpc) is 3.03. The molecule has 11 heteroatoms. The van der Waals surface area contributed by atoms with Crippen LogP contribution < -0.4 is 24.8 Å². The van der Waals surface area contributed by atoms with Crippen LogP contribution in [0.4, 0.5) is 5.69 Å². The second-order valence-corrected chi connectivity index (χ2v) is 10.0. The summed E-state index contributed by atoms with van der Waals surface area (Å²) in [4.78, 5) is 48.7. The number of hydrogen-bond donors (Lipinski definition) is 4. The maximum absolute atomic E-state index is 12.8. The van der Waals surface area contributed by atoms with Gasteiger partial charge >= 0.3 is 11.9 Å². The summed E-state index contributed by atoms with van der Waals surface area (Å²) in [6.45, 7) is 2.11. The van der Waals surface area contributed by atoms with Gasteiger partial charge in [0.25, 0.3) is 5.91 Å². The zero-order valence-electron chi connectivity index (χ0n) is 24.8. The molecule has 0 aliphatic carbocycles. The number of rotatable bonds is 17. The summed E-state index contributed by atoms with van der Waals surface area (Å²) >= 11 is 0. The van der Waals surface area contributed by atoms with Gasteiger partial charge in [-0.1, -0.05) is 38.7 Å². The first-order chi connectivity index (χ1) is 21.2. The van der Waals surface area contributed by atoms with E-state index in [1.807, 2.05) is 0 Å². The largest absolute Gasteiger partial charge is 0.494 e. The predicted molar refractivity (Wildman–Crippen MR) is 163 cm³/mol. The standard InChI is InChI=1S/C33H38N2O9/c1-3-4-5-6-7-18-43-26-15-11-24(12-16-26)33(41)44-28-17-8-22(20-29(28)42-2)19-27(32(39)40)35-31(38)23-9-13-25(14-10-23)34-30(37)21-36/h8-17,20,27,36H,3-7,18-19,21H2,1-2H3,(H,34,37)(H,35,38)(H,39,40). The number of benzene rings is 3. The highest BCUT2D eigenvalue weighted by atomic mass is 16.6. The molecule has 0 bridgehead atoms. The number of aliphatic hydroxyl groups excluding tert-OH is 1. The van der Waals surface area contributed by atoms with E-state index in [2.05, 4.69) is 17.6 Å². The number of aliphatic hydroxyl groups is 1. The summed E-state index contributed by atoms with van der Waals surface area (Å²) in [5.74, 6) is -2.04. The van der Waals surface area contributed by atoms with E-state index in [-0.39, 0.29) is 23.5 Å². The number of hydrogen-bond acceptors (Lipinski definition) is 8. The monoisotopic (exact) mass is 606 g/mol. The number of esters is 1. The molecule has 0 aliphatic heterocycles. The van der Waals surface area contributed by atoms with Crippen LogP contribution in [-0.2, 0) is 16.0 Å². The summed E-state index contributed by atoms with van der Waals surface area (Å²) < 4.78 is 16.7. The summed E-state index contributed by atoms with van der Waals surface area (Å²) in [5.41, 5.74) is 1.40. The van der Waals surface area contributed by atoms with Crippen LogP contribution >= 0.6 is 0 Å². The Hall–Kier alpha value is -4.90. The molecule has 44 heavy (non-hydrogen) atoms. The van der Waals surface area contributed by atoms with Crippen molar-refractivity contribution < 1.29 is 43.6 Å².